The lowest BCUT2D eigenvalue weighted by atomic mass is 10.2. The van der Waals surface area contributed by atoms with Gasteiger partial charge in [0, 0.05) is 19.8 Å². The van der Waals surface area contributed by atoms with Crippen LogP contribution in [0.5, 0.6) is 0 Å². The lowest BCUT2D eigenvalue weighted by Gasteiger charge is -2.15. The van der Waals surface area contributed by atoms with Crippen molar-refractivity contribution in [1.82, 2.24) is 14.3 Å². The van der Waals surface area contributed by atoms with Crippen molar-refractivity contribution >= 4 is 11.6 Å². The van der Waals surface area contributed by atoms with E-state index in [0.29, 0.717) is 13.0 Å². The largest absolute Gasteiger partial charge is 0.395 e. The van der Waals surface area contributed by atoms with Crippen molar-refractivity contribution in [2.45, 2.75) is 20.3 Å². The molecule has 2 aromatic rings. The van der Waals surface area contributed by atoms with Crippen LogP contribution in [0.3, 0.4) is 0 Å². The summed E-state index contributed by atoms with van der Waals surface area (Å²) in [6, 6.07) is 3.96. The van der Waals surface area contributed by atoms with Gasteiger partial charge in [0.15, 0.2) is 0 Å². The van der Waals surface area contributed by atoms with E-state index in [1.54, 1.807) is 7.05 Å². The van der Waals surface area contributed by atoms with Gasteiger partial charge in [-0.1, -0.05) is 6.07 Å². The number of amides is 1. The first-order valence-electron chi connectivity index (χ1n) is 6.32. The van der Waals surface area contributed by atoms with Gasteiger partial charge in [-0.25, -0.2) is 4.98 Å². The summed E-state index contributed by atoms with van der Waals surface area (Å²) in [5.74, 6) is -0.0135. The van der Waals surface area contributed by atoms with E-state index in [-0.39, 0.29) is 12.5 Å². The number of pyridine rings is 1. The fourth-order valence-corrected chi connectivity index (χ4v) is 2.13. The number of aromatic nitrogens is 2. The Morgan fingerprint density at radius 3 is 2.89 bits per heavy atom. The van der Waals surface area contributed by atoms with Gasteiger partial charge in [-0.05, 0) is 25.5 Å². The first kappa shape index (κ1) is 13.5. The molecule has 0 atom stereocenters. The Labute approximate surface area is 112 Å². The SMILES string of the molecule is Cc1nc2c(C)cccn2c1CC(=O)N(C)CCO. The molecule has 102 valence electrons. The molecule has 5 heteroatoms. The van der Waals surface area contributed by atoms with Crippen molar-refractivity contribution in [3.8, 4) is 0 Å². The second kappa shape index (κ2) is 5.40. The van der Waals surface area contributed by atoms with E-state index in [1.165, 1.54) is 4.90 Å². The van der Waals surface area contributed by atoms with Crippen molar-refractivity contribution in [2.24, 2.45) is 0 Å². The van der Waals surface area contributed by atoms with Gasteiger partial charge in [0.05, 0.1) is 24.4 Å². The number of imidazole rings is 1. The zero-order valence-electron chi connectivity index (χ0n) is 11.6. The normalized spacial score (nSPS) is 10.9. The Morgan fingerprint density at radius 2 is 2.21 bits per heavy atom. The Bertz CT molecular complexity index is 604. The zero-order valence-corrected chi connectivity index (χ0v) is 11.6. The Kier molecular flexibility index (Phi) is 3.85. The predicted octanol–water partition coefficient (Wildman–Crippen LogP) is 0.944. The van der Waals surface area contributed by atoms with Gasteiger partial charge >= 0.3 is 0 Å². The average molecular weight is 261 g/mol. The molecule has 5 nitrogen and oxygen atoms in total. The summed E-state index contributed by atoms with van der Waals surface area (Å²) in [6.07, 6.45) is 2.23. The lowest BCUT2D eigenvalue weighted by molar-refractivity contribution is -0.129. The van der Waals surface area contributed by atoms with E-state index in [0.717, 1.165) is 22.6 Å². The number of likely N-dealkylation sites (N-methyl/N-ethyl adjacent to an activating group) is 1. The molecule has 0 aliphatic rings. The molecule has 2 aromatic heterocycles. The van der Waals surface area contributed by atoms with Crippen LogP contribution in [0.2, 0.25) is 0 Å². The van der Waals surface area contributed by atoms with E-state index < -0.39 is 0 Å². The minimum atomic E-state index is -0.0204. The summed E-state index contributed by atoms with van der Waals surface area (Å²) in [7, 11) is 1.70. The van der Waals surface area contributed by atoms with Gasteiger partial charge in [-0.2, -0.15) is 0 Å². The van der Waals surface area contributed by atoms with E-state index in [2.05, 4.69) is 4.98 Å². The van der Waals surface area contributed by atoms with Crippen LogP contribution < -0.4 is 0 Å². The number of aliphatic hydroxyl groups is 1. The Hall–Kier alpha value is -1.88. The van der Waals surface area contributed by atoms with Crippen LogP contribution >= 0.6 is 0 Å². The zero-order chi connectivity index (χ0) is 14.0. The molecule has 0 radical (unpaired) electrons. The number of carbonyl (C=O) groups excluding carboxylic acids is 1. The number of hydrogen-bond donors (Lipinski definition) is 1. The van der Waals surface area contributed by atoms with E-state index in [1.807, 2.05) is 36.6 Å². The summed E-state index contributed by atoms with van der Waals surface area (Å²) < 4.78 is 1.97. The van der Waals surface area contributed by atoms with Crippen molar-refractivity contribution in [1.29, 1.82) is 0 Å². The average Bonchev–Trinajstić information content (AvgIpc) is 2.68. The molecule has 0 aliphatic carbocycles. The number of aliphatic hydroxyl groups excluding tert-OH is 1. The Balaban J connectivity index is 2.33. The van der Waals surface area contributed by atoms with Crippen LogP contribution in [0.1, 0.15) is 17.0 Å². The van der Waals surface area contributed by atoms with Crippen LogP contribution in [-0.4, -0.2) is 45.5 Å². The maximum Gasteiger partial charge on any atom is 0.228 e. The molecular formula is C14H19N3O2. The summed E-state index contributed by atoms with van der Waals surface area (Å²) in [6.45, 7) is 4.26. The van der Waals surface area contributed by atoms with Crippen molar-refractivity contribution in [2.75, 3.05) is 20.2 Å². The van der Waals surface area contributed by atoms with Gasteiger partial charge in [0.1, 0.15) is 5.65 Å². The standard InChI is InChI=1S/C14H19N3O2/c1-10-5-4-6-17-12(11(2)15-14(10)17)9-13(19)16(3)7-8-18/h4-6,18H,7-9H2,1-3H3. The van der Waals surface area contributed by atoms with Crippen LogP contribution in [-0.2, 0) is 11.2 Å². The highest BCUT2D eigenvalue weighted by Crippen LogP contribution is 2.16. The van der Waals surface area contributed by atoms with Gasteiger partial charge in [-0.15, -0.1) is 0 Å². The summed E-state index contributed by atoms with van der Waals surface area (Å²) in [4.78, 5) is 18.1. The molecule has 0 aromatic carbocycles. The van der Waals surface area contributed by atoms with E-state index in [9.17, 15) is 4.79 Å². The molecule has 1 N–H and O–H groups in total. The third kappa shape index (κ3) is 2.61. The molecule has 0 bridgehead atoms. The van der Waals surface area contributed by atoms with Crippen LogP contribution in [0.15, 0.2) is 18.3 Å². The first-order valence-corrected chi connectivity index (χ1v) is 6.32. The second-order valence-electron chi connectivity index (χ2n) is 4.74. The smallest absolute Gasteiger partial charge is 0.228 e. The molecule has 0 unspecified atom stereocenters. The van der Waals surface area contributed by atoms with Gasteiger partial charge in [0.25, 0.3) is 0 Å². The van der Waals surface area contributed by atoms with Crippen molar-refractivity contribution in [3.05, 3.63) is 35.3 Å². The number of hydrogen-bond acceptors (Lipinski definition) is 3. The molecule has 19 heavy (non-hydrogen) atoms. The van der Waals surface area contributed by atoms with Crippen LogP contribution in [0.4, 0.5) is 0 Å². The highest BCUT2D eigenvalue weighted by Gasteiger charge is 2.16. The summed E-state index contributed by atoms with van der Waals surface area (Å²) in [5, 5.41) is 8.86. The third-order valence-electron chi connectivity index (χ3n) is 3.32. The fourth-order valence-electron chi connectivity index (χ4n) is 2.13. The predicted molar refractivity (Wildman–Crippen MR) is 73.1 cm³/mol. The molecule has 0 saturated carbocycles. The van der Waals surface area contributed by atoms with Crippen molar-refractivity contribution < 1.29 is 9.90 Å². The number of rotatable bonds is 4. The monoisotopic (exact) mass is 261 g/mol. The quantitative estimate of drug-likeness (QED) is 0.891. The van der Waals surface area contributed by atoms with E-state index >= 15 is 0 Å². The molecule has 2 rings (SSSR count). The van der Waals surface area contributed by atoms with Crippen molar-refractivity contribution in [3.63, 3.8) is 0 Å². The van der Waals surface area contributed by atoms with Gasteiger partial charge < -0.3 is 14.4 Å². The molecule has 0 spiro atoms. The van der Waals surface area contributed by atoms with Gasteiger partial charge in [0.2, 0.25) is 5.91 Å². The first-order chi connectivity index (χ1) is 9.04. The third-order valence-corrected chi connectivity index (χ3v) is 3.32. The number of aryl methyl sites for hydroxylation is 2. The minimum Gasteiger partial charge on any atom is -0.395 e. The molecular weight excluding hydrogens is 242 g/mol. The van der Waals surface area contributed by atoms with Gasteiger partial charge in [-0.3, -0.25) is 4.79 Å². The van der Waals surface area contributed by atoms with Crippen LogP contribution in [0, 0.1) is 13.8 Å². The number of nitrogens with zero attached hydrogens (tertiary/aromatic N) is 3. The fraction of sp³-hybridized carbons (Fsp3) is 0.429. The molecule has 0 fully saturated rings. The summed E-state index contributed by atoms with van der Waals surface area (Å²) >= 11 is 0. The molecule has 1 amide bonds. The lowest BCUT2D eigenvalue weighted by Crippen LogP contribution is -2.31. The minimum absolute atomic E-state index is 0.0135. The highest BCUT2D eigenvalue weighted by molar-refractivity contribution is 5.78. The number of carbonyl (C=O) groups is 1. The topological polar surface area (TPSA) is 57.8 Å². The van der Waals surface area contributed by atoms with E-state index in [4.69, 9.17) is 5.11 Å². The highest BCUT2D eigenvalue weighted by atomic mass is 16.3. The van der Waals surface area contributed by atoms with Crippen LogP contribution in [0.25, 0.3) is 5.65 Å². The number of fused-ring (bicyclic) bond motifs is 1. The maximum absolute atomic E-state index is 12.1. The Morgan fingerprint density at radius 1 is 1.47 bits per heavy atom. The second-order valence-corrected chi connectivity index (χ2v) is 4.74. The maximum atomic E-state index is 12.1. The molecule has 0 aliphatic heterocycles. The summed E-state index contributed by atoms with van der Waals surface area (Å²) in [5.41, 5.74) is 3.77. The molecule has 2 heterocycles. The molecule has 0 saturated heterocycles.